The first-order valence-electron chi connectivity index (χ1n) is 13.3. The average molecular weight is 596 g/mol. The van der Waals surface area contributed by atoms with Crippen molar-refractivity contribution in [3.63, 3.8) is 0 Å². The Morgan fingerprint density at radius 1 is 1.02 bits per heavy atom. The molecule has 0 spiro atoms. The number of urea groups is 1. The summed E-state index contributed by atoms with van der Waals surface area (Å²) in [7, 11) is -2.05. The smallest absolute Gasteiger partial charge is 0.324 e. The standard InChI is InChI=1S/C30H34FN5O5S/c1-20-16-23(12-13-32-20)41-22-10-11-26(25(31)18-22)33-29(37)34-28-19-27(30(2,3)4)35-36(28)21-8-6-9-24(17-21)42(38,39)15-7-14-40-5/h6,8-13,16-19H,7,14-15H2,1-5H3,(H2,33,34,37). The van der Waals surface area contributed by atoms with Crippen LogP contribution in [0, 0.1) is 12.7 Å². The molecule has 0 radical (unpaired) electrons. The molecule has 0 aliphatic rings. The van der Waals surface area contributed by atoms with Gasteiger partial charge in [0.25, 0.3) is 0 Å². The van der Waals surface area contributed by atoms with Gasteiger partial charge in [0.15, 0.2) is 9.84 Å². The second kappa shape index (κ2) is 12.7. The highest BCUT2D eigenvalue weighted by atomic mass is 32.2. The minimum Gasteiger partial charge on any atom is -0.457 e. The second-order valence-electron chi connectivity index (χ2n) is 10.7. The van der Waals surface area contributed by atoms with Crippen LogP contribution in [0.1, 0.15) is 38.6 Å². The molecule has 10 nitrogen and oxygen atoms in total. The normalized spacial score (nSPS) is 11.8. The number of carbonyl (C=O) groups is 1. The fourth-order valence-electron chi connectivity index (χ4n) is 4.00. The predicted octanol–water partition coefficient (Wildman–Crippen LogP) is 6.26. The van der Waals surface area contributed by atoms with Gasteiger partial charge >= 0.3 is 6.03 Å². The monoisotopic (exact) mass is 595 g/mol. The molecule has 12 heteroatoms. The Bertz CT molecular complexity index is 1680. The van der Waals surface area contributed by atoms with E-state index in [1.807, 2.05) is 27.7 Å². The Morgan fingerprint density at radius 2 is 1.79 bits per heavy atom. The highest BCUT2D eigenvalue weighted by molar-refractivity contribution is 7.91. The summed E-state index contributed by atoms with van der Waals surface area (Å²) in [5.74, 6) is 0.287. The topological polar surface area (TPSA) is 124 Å². The minimum atomic E-state index is -3.57. The molecular weight excluding hydrogens is 561 g/mol. The van der Waals surface area contributed by atoms with Crippen molar-refractivity contribution in [2.45, 2.75) is 44.4 Å². The molecule has 0 unspecified atom stereocenters. The summed E-state index contributed by atoms with van der Waals surface area (Å²) in [6, 6.07) is 14.8. The van der Waals surface area contributed by atoms with Crippen molar-refractivity contribution >= 4 is 27.4 Å². The van der Waals surface area contributed by atoms with E-state index in [-0.39, 0.29) is 33.3 Å². The third-order valence-corrected chi connectivity index (χ3v) is 7.99. The molecule has 0 aliphatic heterocycles. The molecule has 4 aromatic rings. The molecule has 0 saturated heterocycles. The maximum Gasteiger partial charge on any atom is 0.324 e. The Labute approximate surface area is 244 Å². The van der Waals surface area contributed by atoms with Crippen LogP contribution in [0.3, 0.4) is 0 Å². The molecule has 0 bridgehead atoms. The number of benzene rings is 2. The predicted molar refractivity (Wildman–Crippen MR) is 159 cm³/mol. The molecule has 0 atom stereocenters. The third-order valence-electron chi connectivity index (χ3n) is 6.19. The van der Waals surface area contributed by atoms with Gasteiger partial charge in [-0.3, -0.25) is 10.3 Å². The lowest BCUT2D eigenvalue weighted by Crippen LogP contribution is -2.22. The Morgan fingerprint density at radius 3 is 2.48 bits per heavy atom. The molecule has 0 fully saturated rings. The number of hydrogen-bond acceptors (Lipinski definition) is 7. The minimum absolute atomic E-state index is 0.0583. The summed E-state index contributed by atoms with van der Waals surface area (Å²) < 4.78 is 52.8. The molecule has 2 heterocycles. The van der Waals surface area contributed by atoms with Gasteiger partial charge in [-0.15, -0.1) is 0 Å². The van der Waals surface area contributed by atoms with E-state index in [4.69, 9.17) is 9.47 Å². The van der Waals surface area contributed by atoms with Gasteiger partial charge < -0.3 is 14.8 Å². The number of sulfone groups is 1. The summed E-state index contributed by atoms with van der Waals surface area (Å²) in [5.41, 5.74) is 1.42. The number of halogens is 1. The van der Waals surface area contributed by atoms with Crippen LogP contribution >= 0.6 is 0 Å². The van der Waals surface area contributed by atoms with Crippen LogP contribution in [0.2, 0.25) is 0 Å². The molecule has 222 valence electrons. The first-order chi connectivity index (χ1) is 19.9. The maximum atomic E-state index is 14.9. The Balaban J connectivity index is 1.56. The van der Waals surface area contributed by atoms with Gasteiger partial charge in [0.05, 0.1) is 27.7 Å². The van der Waals surface area contributed by atoms with E-state index in [9.17, 15) is 17.6 Å². The summed E-state index contributed by atoms with van der Waals surface area (Å²) in [6.07, 6.45) is 1.95. The molecule has 4 rings (SSSR count). The van der Waals surface area contributed by atoms with Crippen LogP contribution < -0.4 is 15.4 Å². The number of hydrogen-bond donors (Lipinski definition) is 2. The van der Waals surface area contributed by atoms with Crippen molar-refractivity contribution in [2.75, 3.05) is 30.1 Å². The van der Waals surface area contributed by atoms with Gasteiger partial charge in [-0.05, 0) is 49.7 Å². The van der Waals surface area contributed by atoms with Crippen molar-refractivity contribution in [3.05, 3.63) is 84.1 Å². The van der Waals surface area contributed by atoms with E-state index in [2.05, 4.69) is 20.7 Å². The quantitative estimate of drug-likeness (QED) is 0.207. The van der Waals surface area contributed by atoms with Crippen molar-refractivity contribution in [3.8, 4) is 17.2 Å². The third kappa shape index (κ3) is 7.71. The summed E-state index contributed by atoms with van der Waals surface area (Å²) in [6.45, 7) is 8.04. The first kappa shape index (κ1) is 30.7. The second-order valence-corrected chi connectivity index (χ2v) is 12.8. The summed E-state index contributed by atoms with van der Waals surface area (Å²) in [4.78, 5) is 17.2. The lowest BCUT2D eigenvalue weighted by molar-refractivity contribution is 0.199. The molecule has 2 aromatic heterocycles. The highest BCUT2D eigenvalue weighted by Gasteiger charge is 2.23. The number of ether oxygens (including phenoxy) is 2. The van der Waals surface area contributed by atoms with E-state index in [1.54, 1.807) is 36.5 Å². The van der Waals surface area contributed by atoms with E-state index in [0.717, 1.165) is 5.69 Å². The number of amides is 2. The number of rotatable bonds is 10. The van der Waals surface area contributed by atoms with Crippen LogP contribution in [0.15, 0.2) is 71.8 Å². The molecule has 2 amide bonds. The number of pyridine rings is 1. The van der Waals surface area contributed by atoms with E-state index >= 15 is 0 Å². The van der Waals surface area contributed by atoms with Gasteiger partial charge in [0, 0.05) is 49.2 Å². The number of anilines is 2. The number of nitrogens with one attached hydrogen (secondary N) is 2. The van der Waals surface area contributed by atoms with E-state index in [0.29, 0.717) is 30.2 Å². The number of carbonyl (C=O) groups excluding carboxylic acids is 1. The Hall–Kier alpha value is -4.29. The number of nitrogens with zero attached hydrogens (tertiary/aromatic N) is 3. The first-order valence-corrected chi connectivity index (χ1v) is 14.9. The fourth-order valence-corrected chi connectivity index (χ4v) is 5.32. The van der Waals surface area contributed by atoms with Crippen LogP contribution in [0.4, 0.5) is 20.7 Å². The zero-order valence-electron chi connectivity index (χ0n) is 24.1. The molecule has 2 N–H and O–H groups in total. The van der Waals surface area contributed by atoms with Crippen molar-refractivity contribution in [1.29, 1.82) is 0 Å². The number of aromatic nitrogens is 3. The molecule has 0 saturated carbocycles. The number of aryl methyl sites for hydroxylation is 1. The summed E-state index contributed by atoms with van der Waals surface area (Å²) >= 11 is 0. The Kier molecular flexibility index (Phi) is 9.27. The van der Waals surface area contributed by atoms with Gasteiger partial charge in [-0.2, -0.15) is 5.10 Å². The molecular formula is C30H34FN5O5S. The van der Waals surface area contributed by atoms with Crippen molar-refractivity contribution in [2.24, 2.45) is 0 Å². The van der Waals surface area contributed by atoms with Crippen molar-refractivity contribution < 1.29 is 27.1 Å². The maximum absolute atomic E-state index is 14.9. The summed E-state index contributed by atoms with van der Waals surface area (Å²) in [5, 5.41) is 9.88. The fraction of sp³-hybridized carbons (Fsp3) is 0.300. The van der Waals surface area contributed by atoms with Crippen LogP contribution in [0.5, 0.6) is 11.5 Å². The number of methoxy groups -OCH3 is 1. The SMILES string of the molecule is COCCCS(=O)(=O)c1cccc(-n2nc(C(C)(C)C)cc2NC(=O)Nc2ccc(Oc3ccnc(C)c3)cc2F)c1. The van der Waals surface area contributed by atoms with Crippen LogP contribution in [0.25, 0.3) is 5.69 Å². The average Bonchev–Trinajstić information content (AvgIpc) is 3.35. The zero-order valence-corrected chi connectivity index (χ0v) is 25.0. The lowest BCUT2D eigenvalue weighted by atomic mass is 9.92. The molecule has 42 heavy (non-hydrogen) atoms. The molecule has 0 aliphatic carbocycles. The largest absolute Gasteiger partial charge is 0.457 e. The van der Waals surface area contributed by atoms with Gasteiger partial charge in [0.1, 0.15) is 23.1 Å². The van der Waals surface area contributed by atoms with Gasteiger partial charge in [-0.25, -0.2) is 22.3 Å². The van der Waals surface area contributed by atoms with E-state index in [1.165, 1.54) is 42.1 Å². The zero-order chi connectivity index (χ0) is 30.5. The molecule has 2 aromatic carbocycles. The highest BCUT2D eigenvalue weighted by Crippen LogP contribution is 2.29. The van der Waals surface area contributed by atoms with E-state index < -0.39 is 21.7 Å². The van der Waals surface area contributed by atoms with Crippen molar-refractivity contribution in [1.82, 2.24) is 14.8 Å². The van der Waals surface area contributed by atoms with Gasteiger partial charge in [0.2, 0.25) is 0 Å². The van der Waals surface area contributed by atoms with Crippen LogP contribution in [-0.2, 0) is 20.0 Å². The lowest BCUT2D eigenvalue weighted by Gasteiger charge is -2.14. The van der Waals surface area contributed by atoms with Crippen LogP contribution in [-0.4, -0.2) is 48.7 Å². The van der Waals surface area contributed by atoms with Gasteiger partial charge in [-0.1, -0.05) is 26.8 Å².